The van der Waals surface area contributed by atoms with Gasteiger partial charge in [-0.15, -0.1) is 0 Å². The van der Waals surface area contributed by atoms with Gasteiger partial charge in [0.2, 0.25) is 10.0 Å². The fourth-order valence-electron chi connectivity index (χ4n) is 2.68. The lowest BCUT2D eigenvalue weighted by Gasteiger charge is -2.31. The van der Waals surface area contributed by atoms with Crippen molar-refractivity contribution in [1.82, 2.24) is 9.97 Å². The van der Waals surface area contributed by atoms with Crippen LogP contribution in [0.25, 0.3) is 0 Å². The maximum absolute atomic E-state index is 11.5. The third-order valence-electron chi connectivity index (χ3n) is 3.66. The van der Waals surface area contributed by atoms with Gasteiger partial charge in [0.25, 0.3) is 0 Å². The Hall–Kier alpha value is -2.06. The summed E-state index contributed by atoms with van der Waals surface area (Å²) in [4.78, 5) is 10.1. The van der Waals surface area contributed by atoms with Crippen LogP contribution in [0.1, 0.15) is 11.1 Å². The largest absolute Gasteiger partial charge is 0.382 e. The number of nitrogens with one attached hydrogen (secondary N) is 1. The van der Waals surface area contributed by atoms with Crippen molar-refractivity contribution in [3.63, 3.8) is 0 Å². The summed E-state index contributed by atoms with van der Waals surface area (Å²) in [5.41, 5.74) is 8.37. The molecule has 3 rings (SSSR count). The van der Waals surface area contributed by atoms with Crippen LogP contribution >= 0.6 is 11.6 Å². The van der Waals surface area contributed by atoms with E-state index in [9.17, 15) is 8.42 Å². The molecule has 0 atom stereocenters. The molecule has 3 N–H and O–H groups in total. The second-order valence-electron chi connectivity index (χ2n) is 5.39. The number of anilines is 3. The van der Waals surface area contributed by atoms with Crippen LogP contribution in [0.2, 0.25) is 5.02 Å². The molecule has 7 nitrogen and oxygen atoms in total. The number of halogens is 1. The van der Waals surface area contributed by atoms with Gasteiger partial charge in [-0.3, -0.25) is 4.72 Å². The molecule has 1 aliphatic heterocycles. The average Bonchev–Trinajstić information content (AvgIpc) is 2.48. The second kappa shape index (κ2) is 5.86. The van der Waals surface area contributed by atoms with Crippen molar-refractivity contribution in [2.45, 2.75) is 13.0 Å². The van der Waals surface area contributed by atoms with Crippen LogP contribution in [0, 0.1) is 0 Å². The molecule has 0 bridgehead atoms. The Labute approximate surface area is 139 Å². The van der Waals surface area contributed by atoms with E-state index in [1.165, 1.54) is 6.33 Å². The molecule has 122 valence electrons. The van der Waals surface area contributed by atoms with Crippen molar-refractivity contribution in [3.05, 3.63) is 40.7 Å². The van der Waals surface area contributed by atoms with E-state index in [0.29, 0.717) is 36.0 Å². The first-order valence-electron chi connectivity index (χ1n) is 6.94. The topological polar surface area (TPSA) is 101 Å². The number of nitrogens with zero attached hydrogens (tertiary/aromatic N) is 3. The van der Waals surface area contributed by atoms with Crippen LogP contribution in [0.4, 0.5) is 17.3 Å². The Balaban J connectivity index is 1.93. The monoisotopic (exact) mass is 353 g/mol. The molecule has 9 heteroatoms. The number of sulfonamides is 1. The maximum atomic E-state index is 11.5. The van der Waals surface area contributed by atoms with Gasteiger partial charge in [0.05, 0.1) is 11.9 Å². The number of aromatic nitrogens is 2. The zero-order chi connectivity index (χ0) is 16.6. The highest BCUT2D eigenvalue weighted by atomic mass is 35.5. The predicted molar refractivity (Wildman–Crippen MR) is 91.1 cm³/mol. The molecule has 0 unspecified atom stereocenters. The molecule has 23 heavy (non-hydrogen) atoms. The summed E-state index contributed by atoms with van der Waals surface area (Å²) < 4.78 is 25.5. The smallest absolute Gasteiger partial charge is 0.229 e. The number of rotatable bonds is 3. The molecule has 0 saturated heterocycles. The van der Waals surface area contributed by atoms with Gasteiger partial charge in [0.1, 0.15) is 17.2 Å². The number of nitrogens with two attached hydrogens (primary N) is 1. The Morgan fingerprint density at radius 2 is 2.13 bits per heavy atom. The molecule has 0 amide bonds. The standard InChI is InChI=1S/C14H16ClN5O2S/c1-23(21,22)19-11-4-2-3-9-7-20(6-5-10(9)11)14-12(15)13(16)17-8-18-14/h2-4,8,19H,5-7H2,1H3,(H2,16,17,18). The molecule has 1 aliphatic rings. The molecule has 0 aliphatic carbocycles. The summed E-state index contributed by atoms with van der Waals surface area (Å²) in [6.07, 6.45) is 3.20. The van der Waals surface area contributed by atoms with E-state index < -0.39 is 10.0 Å². The fourth-order valence-corrected chi connectivity index (χ4v) is 3.49. The van der Waals surface area contributed by atoms with Crippen LogP contribution in [-0.2, 0) is 23.0 Å². The molecule has 2 heterocycles. The van der Waals surface area contributed by atoms with Crippen molar-refractivity contribution in [2.75, 3.05) is 28.2 Å². The van der Waals surface area contributed by atoms with E-state index in [2.05, 4.69) is 14.7 Å². The van der Waals surface area contributed by atoms with Crippen LogP contribution in [0.3, 0.4) is 0 Å². The number of nitrogen functional groups attached to an aromatic ring is 1. The summed E-state index contributed by atoms with van der Waals surface area (Å²) in [5, 5.41) is 0.335. The summed E-state index contributed by atoms with van der Waals surface area (Å²) in [6.45, 7) is 1.23. The normalized spacial score (nSPS) is 14.4. The van der Waals surface area contributed by atoms with E-state index >= 15 is 0 Å². The minimum atomic E-state index is -3.31. The number of hydrogen-bond donors (Lipinski definition) is 2. The molecule has 0 fully saturated rings. The second-order valence-corrected chi connectivity index (χ2v) is 7.51. The number of benzene rings is 1. The predicted octanol–water partition coefficient (Wildman–Crippen LogP) is 1.65. The average molecular weight is 354 g/mol. The van der Waals surface area contributed by atoms with Crippen molar-refractivity contribution in [1.29, 1.82) is 0 Å². The van der Waals surface area contributed by atoms with Gasteiger partial charge in [-0.1, -0.05) is 23.7 Å². The Morgan fingerprint density at radius 3 is 2.87 bits per heavy atom. The summed E-state index contributed by atoms with van der Waals surface area (Å²) >= 11 is 6.19. The first-order chi connectivity index (χ1) is 10.8. The van der Waals surface area contributed by atoms with Crippen LogP contribution in [0.15, 0.2) is 24.5 Å². The first-order valence-corrected chi connectivity index (χ1v) is 9.21. The zero-order valence-corrected chi connectivity index (χ0v) is 14.0. The number of fused-ring (bicyclic) bond motifs is 1. The van der Waals surface area contributed by atoms with Crippen LogP contribution in [0.5, 0.6) is 0 Å². The maximum Gasteiger partial charge on any atom is 0.229 e. The van der Waals surface area contributed by atoms with Gasteiger partial charge in [-0.2, -0.15) is 0 Å². The molecular weight excluding hydrogens is 338 g/mol. The zero-order valence-electron chi connectivity index (χ0n) is 12.5. The SMILES string of the molecule is CS(=O)(=O)Nc1cccc2c1CCN(c1ncnc(N)c1Cl)C2. The third kappa shape index (κ3) is 3.32. The molecule has 0 spiro atoms. The molecule has 2 aromatic rings. The van der Waals surface area contributed by atoms with Gasteiger partial charge in [0, 0.05) is 13.1 Å². The van der Waals surface area contributed by atoms with Crippen LogP contribution < -0.4 is 15.4 Å². The Bertz CT molecular complexity index is 856. The van der Waals surface area contributed by atoms with Gasteiger partial charge in [-0.05, 0) is 23.6 Å². The Kier molecular flexibility index (Phi) is 4.03. The van der Waals surface area contributed by atoms with E-state index in [-0.39, 0.29) is 5.82 Å². The highest BCUT2D eigenvalue weighted by molar-refractivity contribution is 7.92. The molecule has 0 saturated carbocycles. The highest BCUT2D eigenvalue weighted by Crippen LogP contribution is 2.33. The lowest BCUT2D eigenvalue weighted by Crippen LogP contribution is -2.32. The van der Waals surface area contributed by atoms with Gasteiger partial charge in [-0.25, -0.2) is 18.4 Å². The minimum absolute atomic E-state index is 0.245. The number of hydrogen-bond acceptors (Lipinski definition) is 6. The van der Waals surface area contributed by atoms with Gasteiger partial charge >= 0.3 is 0 Å². The molecule has 0 radical (unpaired) electrons. The lowest BCUT2D eigenvalue weighted by atomic mass is 9.98. The molecule has 1 aromatic carbocycles. The Morgan fingerprint density at radius 1 is 1.35 bits per heavy atom. The third-order valence-corrected chi connectivity index (χ3v) is 4.61. The first kappa shape index (κ1) is 15.8. The van der Waals surface area contributed by atoms with Crippen molar-refractivity contribution < 1.29 is 8.42 Å². The summed E-state index contributed by atoms with van der Waals surface area (Å²) in [5.74, 6) is 0.834. The summed E-state index contributed by atoms with van der Waals surface area (Å²) in [7, 11) is -3.31. The van der Waals surface area contributed by atoms with E-state index in [0.717, 1.165) is 17.4 Å². The van der Waals surface area contributed by atoms with Crippen molar-refractivity contribution in [2.24, 2.45) is 0 Å². The van der Waals surface area contributed by atoms with E-state index in [1.54, 1.807) is 6.07 Å². The van der Waals surface area contributed by atoms with Gasteiger partial charge in [0.15, 0.2) is 5.82 Å². The molecular formula is C14H16ClN5O2S. The van der Waals surface area contributed by atoms with E-state index in [4.69, 9.17) is 17.3 Å². The fraction of sp³-hybridized carbons (Fsp3) is 0.286. The quantitative estimate of drug-likeness (QED) is 0.870. The van der Waals surface area contributed by atoms with Gasteiger partial charge < -0.3 is 10.6 Å². The summed E-state index contributed by atoms with van der Waals surface area (Å²) in [6, 6.07) is 5.56. The van der Waals surface area contributed by atoms with Crippen molar-refractivity contribution in [3.8, 4) is 0 Å². The lowest BCUT2D eigenvalue weighted by molar-refractivity contribution is 0.606. The van der Waals surface area contributed by atoms with Crippen LogP contribution in [-0.4, -0.2) is 31.2 Å². The van der Waals surface area contributed by atoms with Crippen molar-refractivity contribution >= 4 is 38.9 Å². The van der Waals surface area contributed by atoms with E-state index in [1.807, 2.05) is 17.0 Å². The minimum Gasteiger partial charge on any atom is -0.382 e. The molecule has 1 aromatic heterocycles. The highest BCUT2D eigenvalue weighted by Gasteiger charge is 2.23.